The molecule has 28 heavy (non-hydrogen) atoms. The van der Waals surface area contributed by atoms with Crippen LogP contribution in [0.3, 0.4) is 0 Å². The first-order valence-corrected chi connectivity index (χ1v) is 11.2. The summed E-state index contributed by atoms with van der Waals surface area (Å²) in [6, 6.07) is 12.2. The summed E-state index contributed by atoms with van der Waals surface area (Å²) in [4.78, 5) is 30.7. The number of halogens is 1. The smallest absolute Gasteiger partial charge is 0.242 e. The number of thiophene rings is 1. The number of hydrogen-bond acceptors (Lipinski definition) is 3. The third kappa shape index (κ3) is 4.58. The maximum Gasteiger partial charge on any atom is 0.242 e. The largest absolute Gasteiger partial charge is 0.332 e. The average Bonchev–Trinajstić information content (AvgIpc) is 3.19. The minimum absolute atomic E-state index is 0.0209. The molecule has 4 nitrogen and oxygen atoms in total. The molecule has 0 saturated heterocycles. The van der Waals surface area contributed by atoms with Gasteiger partial charge in [0.25, 0.3) is 0 Å². The second-order valence-corrected chi connectivity index (χ2v) is 8.83. The number of carbonyl (C=O) groups is 2. The van der Waals surface area contributed by atoms with E-state index in [4.69, 9.17) is 11.6 Å². The van der Waals surface area contributed by atoms with Crippen molar-refractivity contribution in [2.75, 3.05) is 19.6 Å². The molecule has 6 heteroatoms. The van der Waals surface area contributed by atoms with E-state index in [1.165, 1.54) is 10.4 Å². The molecule has 0 radical (unpaired) electrons. The van der Waals surface area contributed by atoms with Crippen molar-refractivity contribution in [3.8, 4) is 0 Å². The first-order valence-electron chi connectivity index (χ1n) is 9.86. The summed E-state index contributed by atoms with van der Waals surface area (Å²) in [6.45, 7) is 5.05. The molecule has 1 aliphatic heterocycles. The summed E-state index contributed by atoms with van der Waals surface area (Å²) < 4.78 is 0. The van der Waals surface area contributed by atoms with Crippen molar-refractivity contribution in [1.29, 1.82) is 0 Å². The lowest BCUT2D eigenvalue weighted by Gasteiger charge is -2.37. The first kappa shape index (κ1) is 20.9. The third-order valence-electron chi connectivity index (χ3n) is 5.16. The lowest BCUT2D eigenvalue weighted by Crippen LogP contribution is -2.48. The Morgan fingerprint density at radius 3 is 2.71 bits per heavy atom. The summed E-state index contributed by atoms with van der Waals surface area (Å²) in [5.41, 5.74) is 2.31. The van der Waals surface area contributed by atoms with E-state index in [2.05, 4.69) is 30.5 Å². The van der Waals surface area contributed by atoms with Crippen molar-refractivity contribution >= 4 is 34.8 Å². The third-order valence-corrected chi connectivity index (χ3v) is 6.34. The van der Waals surface area contributed by atoms with Crippen LogP contribution in [0.5, 0.6) is 0 Å². The van der Waals surface area contributed by atoms with Gasteiger partial charge >= 0.3 is 0 Å². The molecular weight excluding hydrogens is 392 g/mol. The Kier molecular flexibility index (Phi) is 7.13. The Hall–Kier alpha value is -1.85. The van der Waals surface area contributed by atoms with Crippen molar-refractivity contribution in [2.24, 2.45) is 0 Å². The minimum Gasteiger partial charge on any atom is -0.332 e. The van der Waals surface area contributed by atoms with Crippen LogP contribution in [0.1, 0.15) is 48.7 Å². The number of unbranched alkanes of at least 4 members (excludes halogenated alkanes) is 1. The van der Waals surface area contributed by atoms with Gasteiger partial charge in [0, 0.05) is 18.0 Å². The van der Waals surface area contributed by atoms with E-state index in [9.17, 15) is 9.59 Å². The highest BCUT2D eigenvalue weighted by Gasteiger charge is 2.34. The molecule has 2 atom stereocenters. The van der Waals surface area contributed by atoms with E-state index >= 15 is 0 Å². The summed E-state index contributed by atoms with van der Waals surface area (Å²) in [5.74, 6) is -0.194. The number of carbonyl (C=O) groups excluding carboxylic acids is 2. The lowest BCUT2D eigenvalue weighted by atomic mass is 9.93. The highest BCUT2D eigenvalue weighted by Crippen LogP contribution is 2.37. The Bertz CT molecular complexity index is 806. The van der Waals surface area contributed by atoms with Gasteiger partial charge in [-0.05, 0) is 42.3 Å². The molecule has 2 amide bonds. The molecule has 0 bridgehead atoms. The quantitative estimate of drug-likeness (QED) is 0.622. The van der Waals surface area contributed by atoms with E-state index in [0.29, 0.717) is 13.1 Å². The van der Waals surface area contributed by atoms with Gasteiger partial charge in [-0.25, -0.2) is 0 Å². The molecule has 2 unspecified atom stereocenters. The topological polar surface area (TPSA) is 40.6 Å². The maximum atomic E-state index is 13.3. The molecule has 1 aliphatic rings. The zero-order chi connectivity index (χ0) is 20.1. The van der Waals surface area contributed by atoms with Crippen LogP contribution in [-0.4, -0.2) is 46.6 Å². The molecular formula is C22H27ClN2O2S. The van der Waals surface area contributed by atoms with Gasteiger partial charge in [-0.3, -0.25) is 9.59 Å². The maximum absolute atomic E-state index is 13.3. The SMILES string of the molecule is CCCCN(CC(=O)N1CCc2sccc2C1c1ccccc1)C(=O)C(C)Cl. The number of hydrogen-bond donors (Lipinski definition) is 0. The van der Waals surface area contributed by atoms with E-state index in [1.54, 1.807) is 23.2 Å². The predicted molar refractivity (Wildman–Crippen MR) is 115 cm³/mol. The standard InChI is InChI=1S/C22H27ClN2O2S/c1-3-4-12-24(22(27)16(2)23)15-20(26)25-13-10-19-18(11-14-28-19)21(25)17-8-6-5-7-9-17/h5-9,11,14,16,21H,3-4,10,12-13,15H2,1-2H3. The Morgan fingerprint density at radius 1 is 1.29 bits per heavy atom. The van der Waals surface area contributed by atoms with Crippen LogP contribution in [-0.2, 0) is 16.0 Å². The van der Waals surface area contributed by atoms with Gasteiger partial charge in [0.1, 0.15) is 5.38 Å². The number of benzene rings is 1. The van der Waals surface area contributed by atoms with Crippen LogP contribution < -0.4 is 0 Å². The Balaban J connectivity index is 1.85. The van der Waals surface area contributed by atoms with Crippen molar-refractivity contribution in [2.45, 2.75) is 44.5 Å². The van der Waals surface area contributed by atoms with Crippen molar-refractivity contribution in [3.63, 3.8) is 0 Å². The minimum atomic E-state index is -0.626. The van der Waals surface area contributed by atoms with Crippen molar-refractivity contribution in [1.82, 2.24) is 9.80 Å². The van der Waals surface area contributed by atoms with Crippen LogP contribution in [0.2, 0.25) is 0 Å². The average molecular weight is 419 g/mol. The molecule has 150 valence electrons. The molecule has 0 saturated carbocycles. The summed E-state index contributed by atoms with van der Waals surface area (Å²) in [5, 5.41) is 1.47. The monoisotopic (exact) mass is 418 g/mol. The van der Waals surface area contributed by atoms with Gasteiger partial charge in [0.2, 0.25) is 11.8 Å². The molecule has 1 aromatic heterocycles. The number of fused-ring (bicyclic) bond motifs is 1. The lowest BCUT2D eigenvalue weighted by molar-refractivity contribution is -0.141. The zero-order valence-corrected chi connectivity index (χ0v) is 18.0. The second-order valence-electron chi connectivity index (χ2n) is 7.18. The van der Waals surface area contributed by atoms with Crippen LogP contribution in [0, 0.1) is 0 Å². The van der Waals surface area contributed by atoms with Gasteiger partial charge in [0.05, 0.1) is 12.6 Å². The molecule has 0 spiro atoms. The predicted octanol–water partition coefficient (Wildman–Crippen LogP) is 4.48. The van der Waals surface area contributed by atoms with Crippen molar-refractivity contribution in [3.05, 3.63) is 57.8 Å². The van der Waals surface area contributed by atoms with Gasteiger partial charge in [0.15, 0.2) is 0 Å². The second kappa shape index (κ2) is 9.57. The van der Waals surface area contributed by atoms with Crippen molar-refractivity contribution < 1.29 is 9.59 Å². The van der Waals surface area contributed by atoms with Crippen LogP contribution in [0.25, 0.3) is 0 Å². The fourth-order valence-electron chi connectivity index (χ4n) is 3.70. The van der Waals surface area contributed by atoms with Gasteiger partial charge < -0.3 is 9.80 Å². The first-order chi connectivity index (χ1) is 13.5. The zero-order valence-electron chi connectivity index (χ0n) is 16.4. The van der Waals surface area contributed by atoms with E-state index in [1.807, 2.05) is 23.1 Å². The fourth-order valence-corrected chi connectivity index (χ4v) is 4.74. The Labute approximate surface area is 176 Å². The number of rotatable bonds is 7. The number of amides is 2. The molecule has 2 aromatic rings. The number of nitrogens with zero attached hydrogens (tertiary/aromatic N) is 2. The van der Waals surface area contributed by atoms with Crippen LogP contribution in [0.15, 0.2) is 41.8 Å². The summed E-state index contributed by atoms with van der Waals surface area (Å²) in [6.07, 6.45) is 2.68. The van der Waals surface area contributed by atoms with Gasteiger partial charge in [-0.15, -0.1) is 22.9 Å². The molecule has 2 heterocycles. The molecule has 3 rings (SSSR count). The fraction of sp³-hybridized carbons (Fsp3) is 0.455. The molecule has 0 fully saturated rings. The summed E-state index contributed by atoms with van der Waals surface area (Å²) >= 11 is 7.78. The Morgan fingerprint density at radius 2 is 2.04 bits per heavy atom. The summed E-state index contributed by atoms with van der Waals surface area (Å²) in [7, 11) is 0. The van der Waals surface area contributed by atoms with Gasteiger partial charge in [-0.2, -0.15) is 0 Å². The molecule has 0 aliphatic carbocycles. The van der Waals surface area contributed by atoms with Crippen LogP contribution in [0.4, 0.5) is 0 Å². The molecule has 0 N–H and O–H groups in total. The normalized spacial score (nSPS) is 17.1. The molecule has 1 aromatic carbocycles. The van der Waals surface area contributed by atoms with E-state index in [-0.39, 0.29) is 24.4 Å². The van der Waals surface area contributed by atoms with E-state index < -0.39 is 5.38 Å². The highest BCUT2D eigenvalue weighted by molar-refractivity contribution is 7.10. The van der Waals surface area contributed by atoms with Crippen LogP contribution >= 0.6 is 22.9 Å². The highest BCUT2D eigenvalue weighted by atomic mass is 35.5. The number of alkyl halides is 1. The van der Waals surface area contributed by atoms with E-state index in [0.717, 1.165) is 24.8 Å². The van der Waals surface area contributed by atoms with Gasteiger partial charge in [-0.1, -0.05) is 43.7 Å².